The van der Waals surface area contributed by atoms with Gasteiger partial charge in [0.2, 0.25) is 0 Å². The molecule has 0 aromatic rings. The van der Waals surface area contributed by atoms with Crippen LogP contribution in [0.1, 0.15) is 6.92 Å². The first-order valence-electron chi connectivity index (χ1n) is 3.48. The monoisotopic (exact) mass is 242 g/mol. The van der Waals surface area contributed by atoms with Crippen molar-refractivity contribution in [2.45, 2.75) is 24.9 Å². The Morgan fingerprint density at radius 1 is 1.00 bits per heavy atom. The average Bonchev–Trinajstić information content (AvgIpc) is 1.99. The van der Waals surface area contributed by atoms with Crippen molar-refractivity contribution in [1.82, 2.24) is 0 Å². The molecule has 0 bridgehead atoms. The van der Waals surface area contributed by atoms with Crippen molar-refractivity contribution >= 4 is 5.97 Å². The van der Waals surface area contributed by atoms with E-state index in [0.29, 0.717) is 0 Å². The predicted molar refractivity (Wildman–Crippen MR) is 32.6 cm³/mol. The summed E-state index contributed by atoms with van der Waals surface area (Å²) in [5.74, 6) is -3.01. The minimum Gasteiger partial charge on any atom is -0.463 e. The van der Waals surface area contributed by atoms with Gasteiger partial charge < -0.3 is 4.74 Å². The Hall–Kier alpha value is -1.02. The van der Waals surface area contributed by atoms with Crippen molar-refractivity contribution in [3.05, 3.63) is 0 Å². The summed E-state index contributed by atoms with van der Waals surface area (Å²) in [5, 5.41) is 0. The summed E-state index contributed by atoms with van der Waals surface area (Å²) in [6.07, 6.45) is -12.8. The molecule has 0 spiro atoms. The first-order chi connectivity index (χ1) is 6.48. The van der Waals surface area contributed by atoms with Crippen LogP contribution < -0.4 is 0 Å². The summed E-state index contributed by atoms with van der Waals surface area (Å²) in [5.41, 5.74) is -5.98. The Bertz CT molecular complexity index is 227. The molecule has 0 aliphatic carbocycles. The fraction of sp³-hybridized carbons (Fsp3) is 0.833. The molecule has 0 aromatic heterocycles. The third-order valence-electron chi connectivity index (χ3n) is 1.34. The third kappa shape index (κ3) is 2.32. The molecule has 0 rings (SSSR count). The molecular formula is C6H5F7O2. The lowest BCUT2D eigenvalue weighted by Gasteiger charge is -2.27. The molecule has 0 aliphatic heterocycles. The highest BCUT2D eigenvalue weighted by molar-refractivity contribution is 5.81. The zero-order valence-electron chi connectivity index (χ0n) is 7.17. The maximum absolute atomic E-state index is 12.7. The number of rotatable bonds is 2. The molecule has 0 aliphatic rings. The summed E-state index contributed by atoms with van der Waals surface area (Å²) in [4.78, 5) is 10.3. The molecule has 0 radical (unpaired) electrons. The van der Waals surface area contributed by atoms with Gasteiger partial charge in [0.15, 0.2) is 0 Å². The minimum absolute atomic E-state index is 0.795. The lowest BCUT2D eigenvalue weighted by Crippen LogP contribution is -2.59. The molecule has 0 unspecified atom stereocenters. The van der Waals surface area contributed by atoms with Crippen LogP contribution in [-0.4, -0.2) is 30.6 Å². The topological polar surface area (TPSA) is 26.3 Å². The van der Waals surface area contributed by atoms with Crippen LogP contribution in [-0.2, 0) is 9.53 Å². The highest BCUT2D eigenvalue weighted by atomic mass is 19.4. The van der Waals surface area contributed by atoms with Gasteiger partial charge in [0.1, 0.15) is 0 Å². The van der Waals surface area contributed by atoms with Crippen molar-refractivity contribution in [3.8, 4) is 0 Å². The zero-order chi connectivity index (χ0) is 12.5. The van der Waals surface area contributed by atoms with Crippen LogP contribution in [0, 0.1) is 0 Å². The first kappa shape index (κ1) is 14.0. The zero-order valence-corrected chi connectivity index (χ0v) is 7.17. The molecule has 0 atom stereocenters. The lowest BCUT2D eigenvalue weighted by atomic mass is 10.1. The van der Waals surface area contributed by atoms with Crippen LogP contribution in [0.2, 0.25) is 0 Å². The number of carbonyl (C=O) groups excluding carboxylic acids is 1. The number of alkyl halides is 7. The minimum atomic E-state index is -6.41. The summed E-state index contributed by atoms with van der Waals surface area (Å²) < 4.78 is 86.7. The summed E-state index contributed by atoms with van der Waals surface area (Å²) >= 11 is 0. The van der Waals surface area contributed by atoms with Gasteiger partial charge >= 0.3 is 24.0 Å². The van der Waals surface area contributed by atoms with Gasteiger partial charge in [-0.2, -0.15) is 26.3 Å². The number of ether oxygens (including phenoxy) is 1. The number of carbonyl (C=O) groups is 1. The Kier molecular flexibility index (Phi) is 3.59. The molecule has 0 N–H and O–H groups in total. The van der Waals surface area contributed by atoms with Crippen molar-refractivity contribution in [1.29, 1.82) is 0 Å². The standard InChI is InChI=1S/C6H5F7O2/c1-2-15-3(14)4(7,5(8,9)10)6(11,12)13/h2H2,1H3. The molecule has 0 saturated heterocycles. The summed E-state index contributed by atoms with van der Waals surface area (Å²) in [6.45, 7) is 0.154. The molecule has 90 valence electrons. The van der Waals surface area contributed by atoms with Gasteiger partial charge in [-0.3, -0.25) is 0 Å². The first-order valence-corrected chi connectivity index (χ1v) is 3.48. The van der Waals surface area contributed by atoms with Gasteiger partial charge in [-0.15, -0.1) is 0 Å². The van der Waals surface area contributed by atoms with E-state index < -0.39 is 30.6 Å². The second-order valence-corrected chi connectivity index (χ2v) is 2.37. The van der Waals surface area contributed by atoms with Gasteiger partial charge in [-0.05, 0) is 6.92 Å². The molecule has 15 heavy (non-hydrogen) atoms. The van der Waals surface area contributed by atoms with Crippen LogP contribution in [0.5, 0.6) is 0 Å². The van der Waals surface area contributed by atoms with Gasteiger partial charge in [-0.25, -0.2) is 9.18 Å². The number of halogens is 7. The van der Waals surface area contributed by atoms with Crippen LogP contribution in [0.3, 0.4) is 0 Å². The normalized spacial score (nSPS) is 13.9. The van der Waals surface area contributed by atoms with Crippen molar-refractivity contribution < 1.29 is 40.3 Å². The molecule has 2 nitrogen and oxygen atoms in total. The highest BCUT2D eigenvalue weighted by Gasteiger charge is 2.78. The Morgan fingerprint density at radius 3 is 1.53 bits per heavy atom. The van der Waals surface area contributed by atoms with Crippen LogP contribution in [0.25, 0.3) is 0 Å². The van der Waals surface area contributed by atoms with E-state index in [1.807, 2.05) is 0 Å². The third-order valence-corrected chi connectivity index (χ3v) is 1.34. The van der Waals surface area contributed by atoms with Crippen molar-refractivity contribution in [2.75, 3.05) is 6.61 Å². The fourth-order valence-corrected chi connectivity index (χ4v) is 0.623. The van der Waals surface area contributed by atoms with E-state index in [1.54, 1.807) is 0 Å². The van der Waals surface area contributed by atoms with Gasteiger partial charge in [0.05, 0.1) is 6.61 Å². The van der Waals surface area contributed by atoms with E-state index in [9.17, 15) is 35.5 Å². The average molecular weight is 242 g/mol. The SMILES string of the molecule is CCOC(=O)C(F)(C(F)(F)F)C(F)(F)F. The number of esters is 1. The molecule has 9 heteroatoms. The van der Waals surface area contributed by atoms with E-state index in [4.69, 9.17) is 0 Å². The molecule has 0 saturated carbocycles. The van der Waals surface area contributed by atoms with Gasteiger partial charge in [0.25, 0.3) is 0 Å². The molecular weight excluding hydrogens is 237 g/mol. The predicted octanol–water partition coefficient (Wildman–Crippen LogP) is 2.38. The summed E-state index contributed by atoms with van der Waals surface area (Å²) in [6, 6.07) is 0. The van der Waals surface area contributed by atoms with Crippen molar-refractivity contribution in [2.24, 2.45) is 0 Å². The van der Waals surface area contributed by atoms with E-state index in [0.717, 1.165) is 6.92 Å². The van der Waals surface area contributed by atoms with E-state index >= 15 is 0 Å². The molecule has 0 aromatic carbocycles. The Balaban J connectivity index is 5.33. The quantitative estimate of drug-likeness (QED) is 0.549. The highest BCUT2D eigenvalue weighted by Crippen LogP contribution is 2.46. The van der Waals surface area contributed by atoms with Crippen LogP contribution in [0.15, 0.2) is 0 Å². The van der Waals surface area contributed by atoms with E-state index in [-0.39, 0.29) is 0 Å². The van der Waals surface area contributed by atoms with E-state index in [1.165, 1.54) is 0 Å². The molecule has 0 heterocycles. The molecule has 0 amide bonds. The number of hydrogen-bond acceptors (Lipinski definition) is 2. The van der Waals surface area contributed by atoms with Crippen LogP contribution >= 0.6 is 0 Å². The Morgan fingerprint density at radius 2 is 1.33 bits per heavy atom. The van der Waals surface area contributed by atoms with E-state index in [2.05, 4.69) is 4.74 Å². The Labute approximate surface area is 79.0 Å². The molecule has 0 fully saturated rings. The lowest BCUT2D eigenvalue weighted by molar-refractivity contribution is -0.332. The van der Waals surface area contributed by atoms with Gasteiger partial charge in [-0.1, -0.05) is 0 Å². The van der Waals surface area contributed by atoms with Crippen molar-refractivity contribution in [3.63, 3.8) is 0 Å². The number of hydrogen-bond donors (Lipinski definition) is 0. The van der Waals surface area contributed by atoms with Crippen LogP contribution in [0.4, 0.5) is 30.7 Å². The smallest absolute Gasteiger partial charge is 0.442 e. The van der Waals surface area contributed by atoms with Gasteiger partial charge in [0, 0.05) is 0 Å². The maximum Gasteiger partial charge on any atom is 0.442 e. The largest absolute Gasteiger partial charge is 0.463 e. The fourth-order valence-electron chi connectivity index (χ4n) is 0.623. The second-order valence-electron chi connectivity index (χ2n) is 2.37. The maximum atomic E-state index is 12.7. The summed E-state index contributed by atoms with van der Waals surface area (Å²) in [7, 11) is 0. The second kappa shape index (κ2) is 3.86.